The molecule has 0 spiro atoms. The number of amides is 1. The van der Waals surface area contributed by atoms with Gasteiger partial charge >= 0.3 is 0 Å². The lowest BCUT2D eigenvalue weighted by Crippen LogP contribution is -2.65. The van der Waals surface area contributed by atoms with Crippen LogP contribution in [0.1, 0.15) is 258 Å². The molecule has 426 valence electrons. The Bertz CT molecular complexity index is 1260. The van der Waals surface area contributed by atoms with Crippen molar-refractivity contribution in [3.63, 3.8) is 0 Å². The van der Waals surface area contributed by atoms with E-state index in [1.54, 1.807) is 6.08 Å². The largest absolute Gasteiger partial charge is 0.394 e. The van der Waals surface area contributed by atoms with Crippen LogP contribution in [0.3, 0.4) is 0 Å². The Labute approximate surface area is 437 Å². The number of unbranched alkanes of at least 4 members (excludes halogenated alkanes) is 35. The Morgan fingerprint density at radius 2 is 0.861 bits per heavy atom. The molecule has 0 bridgehead atoms. The van der Waals surface area contributed by atoms with E-state index < -0.39 is 86.8 Å². The molecule has 0 radical (unpaired) electrons. The van der Waals surface area contributed by atoms with Gasteiger partial charge in [-0.25, -0.2) is 0 Å². The topological polar surface area (TPSA) is 228 Å². The van der Waals surface area contributed by atoms with Crippen molar-refractivity contribution in [2.45, 2.75) is 331 Å². The van der Waals surface area contributed by atoms with Gasteiger partial charge in [0.25, 0.3) is 0 Å². The third kappa shape index (κ3) is 30.5. The third-order valence-electron chi connectivity index (χ3n) is 15.0. The molecule has 0 aliphatic carbocycles. The lowest BCUT2D eigenvalue weighted by molar-refractivity contribution is -0.359. The highest BCUT2D eigenvalue weighted by molar-refractivity contribution is 5.76. The third-order valence-corrected chi connectivity index (χ3v) is 15.0. The van der Waals surface area contributed by atoms with E-state index >= 15 is 0 Å². The van der Waals surface area contributed by atoms with Gasteiger partial charge in [-0.3, -0.25) is 4.79 Å². The molecule has 2 aliphatic heterocycles. The van der Waals surface area contributed by atoms with Crippen LogP contribution >= 0.6 is 0 Å². The van der Waals surface area contributed by atoms with Crippen molar-refractivity contribution >= 4 is 5.91 Å². The van der Waals surface area contributed by atoms with Gasteiger partial charge < -0.3 is 65.1 Å². The predicted molar refractivity (Wildman–Crippen MR) is 286 cm³/mol. The maximum Gasteiger partial charge on any atom is 0.220 e. The summed E-state index contributed by atoms with van der Waals surface area (Å²) in [6.45, 7) is 2.77. The highest BCUT2D eigenvalue weighted by Crippen LogP contribution is 2.30. The van der Waals surface area contributed by atoms with E-state index in [1.807, 2.05) is 6.08 Å². The van der Waals surface area contributed by atoms with E-state index in [2.05, 4.69) is 19.2 Å². The smallest absolute Gasteiger partial charge is 0.220 e. The minimum Gasteiger partial charge on any atom is -0.394 e. The SMILES string of the molecule is CCCCCCCCCCCCCCCCCCCCCCCCCCCCCC/C=C/C(O)C(COC1OC(CO)C(OC2OC(CO)C(O)C(O)C2O)C(O)C1O)NC(=O)CCCCCCCCCC. The molecule has 14 heteroatoms. The lowest BCUT2D eigenvalue weighted by Gasteiger charge is -2.46. The van der Waals surface area contributed by atoms with Crippen molar-refractivity contribution in [3.05, 3.63) is 12.2 Å². The maximum absolute atomic E-state index is 13.1. The molecule has 0 aromatic rings. The van der Waals surface area contributed by atoms with Crippen LogP contribution in [0, 0.1) is 0 Å². The Balaban J connectivity index is 1.64. The molecule has 12 unspecified atom stereocenters. The van der Waals surface area contributed by atoms with Crippen LogP contribution in [0.25, 0.3) is 0 Å². The summed E-state index contributed by atoms with van der Waals surface area (Å²) < 4.78 is 22.7. The monoisotopic (exact) mass is 1030 g/mol. The number of rotatable bonds is 48. The molecule has 0 saturated carbocycles. The minimum atomic E-state index is -1.78. The fourth-order valence-electron chi connectivity index (χ4n) is 10.1. The maximum atomic E-state index is 13.1. The van der Waals surface area contributed by atoms with Crippen molar-refractivity contribution in [2.24, 2.45) is 0 Å². The summed E-state index contributed by atoms with van der Waals surface area (Å²) in [6, 6.07) is -0.907. The fraction of sp³-hybridized carbons (Fsp3) is 0.948. The summed E-state index contributed by atoms with van der Waals surface area (Å²) >= 11 is 0. The number of aliphatic hydroxyl groups excluding tert-OH is 8. The van der Waals surface area contributed by atoms with Crippen LogP contribution in [-0.4, -0.2) is 140 Å². The molecule has 9 N–H and O–H groups in total. The van der Waals surface area contributed by atoms with E-state index in [0.717, 1.165) is 38.5 Å². The molecule has 0 aromatic heterocycles. The zero-order valence-electron chi connectivity index (χ0n) is 45.7. The first kappa shape index (κ1) is 66.8. The molecule has 2 saturated heterocycles. The van der Waals surface area contributed by atoms with Crippen LogP contribution < -0.4 is 5.32 Å². The zero-order chi connectivity index (χ0) is 52.4. The summed E-state index contributed by atoms with van der Waals surface area (Å²) in [4.78, 5) is 13.1. The summed E-state index contributed by atoms with van der Waals surface area (Å²) in [5.41, 5.74) is 0. The van der Waals surface area contributed by atoms with Gasteiger partial charge in [0.2, 0.25) is 5.91 Å². The average molecular weight is 1030 g/mol. The minimum absolute atomic E-state index is 0.242. The second kappa shape index (κ2) is 44.8. The van der Waals surface area contributed by atoms with Crippen LogP contribution in [0.2, 0.25) is 0 Å². The standard InChI is InChI=1S/C58H111NO13/c1-3-5-7-9-11-13-14-15-16-17-18-19-20-21-22-23-24-25-26-27-28-29-30-31-32-33-34-35-37-39-41-47(62)46(59-50(63)42-40-38-36-12-10-8-6-4-2)45-69-57-55(68)53(66)56(49(44-61)71-57)72-58-54(67)52(65)51(64)48(43-60)70-58/h39,41,46-49,51-58,60-62,64-68H,3-38,40,42-45H2,1-2H3,(H,59,63)/b41-39+. The Morgan fingerprint density at radius 1 is 0.486 bits per heavy atom. The predicted octanol–water partition coefficient (Wildman–Crippen LogP) is 9.89. The first-order valence-corrected chi connectivity index (χ1v) is 29.9. The molecule has 1 amide bonds. The number of nitrogens with one attached hydrogen (secondary N) is 1. The van der Waals surface area contributed by atoms with Crippen molar-refractivity contribution < 1.29 is 64.6 Å². The number of allylic oxidation sites excluding steroid dienone is 1. The number of carbonyl (C=O) groups is 1. The molecule has 12 atom stereocenters. The average Bonchev–Trinajstić information content (AvgIpc) is 3.38. The Kier molecular flexibility index (Phi) is 41.6. The summed E-state index contributed by atoms with van der Waals surface area (Å²) in [5, 5.41) is 86.8. The van der Waals surface area contributed by atoms with Gasteiger partial charge in [-0.1, -0.05) is 244 Å². The highest BCUT2D eigenvalue weighted by atomic mass is 16.7. The van der Waals surface area contributed by atoms with E-state index in [4.69, 9.17) is 18.9 Å². The van der Waals surface area contributed by atoms with Gasteiger partial charge in [0.05, 0.1) is 32.0 Å². The van der Waals surface area contributed by atoms with E-state index in [-0.39, 0.29) is 18.9 Å². The van der Waals surface area contributed by atoms with Crippen LogP contribution in [-0.2, 0) is 23.7 Å². The lowest BCUT2D eigenvalue weighted by atomic mass is 9.97. The number of hydrogen-bond donors (Lipinski definition) is 9. The second-order valence-electron chi connectivity index (χ2n) is 21.5. The molecule has 2 rings (SSSR count). The molecule has 2 heterocycles. The Hall–Kier alpha value is -1.27. The van der Waals surface area contributed by atoms with Crippen molar-refractivity contribution in [2.75, 3.05) is 19.8 Å². The molecule has 72 heavy (non-hydrogen) atoms. The molecule has 14 nitrogen and oxygen atoms in total. The number of aliphatic hydroxyl groups is 8. The van der Waals surface area contributed by atoms with E-state index in [0.29, 0.717) is 6.42 Å². The first-order valence-electron chi connectivity index (χ1n) is 29.9. The normalized spacial score (nSPS) is 25.6. The van der Waals surface area contributed by atoms with Crippen LogP contribution in [0.15, 0.2) is 12.2 Å². The summed E-state index contributed by atoms with van der Waals surface area (Å²) in [6.07, 6.45) is 34.5. The van der Waals surface area contributed by atoms with Crippen LogP contribution in [0.4, 0.5) is 0 Å². The van der Waals surface area contributed by atoms with Gasteiger partial charge in [-0.05, 0) is 19.3 Å². The quantitative estimate of drug-likeness (QED) is 0.0205. The highest BCUT2D eigenvalue weighted by Gasteiger charge is 2.51. The molecular weight excluding hydrogens is 919 g/mol. The number of ether oxygens (including phenoxy) is 4. The summed E-state index contributed by atoms with van der Waals surface area (Å²) in [7, 11) is 0. The van der Waals surface area contributed by atoms with Crippen molar-refractivity contribution in [3.8, 4) is 0 Å². The number of hydrogen-bond acceptors (Lipinski definition) is 13. The molecular formula is C58H111NO13. The van der Waals surface area contributed by atoms with E-state index in [9.17, 15) is 45.6 Å². The van der Waals surface area contributed by atoms with Crippen LogP contribution in [0.5, 0.6) is 0 Å². The second-order valence-corrected chi connectivity index (χ2v) is 21.5. The summed E-state index contributed by atoms with van der Waals surface area (Å²) in [5.74, 6) is -0.242. The molecule has 0 aromatic carbocycles. The van der Waals surface area contributed by atoms with Gasteiger partial charge in [0.15, 0.2) is 12.6 Å². The Morgan fingerprint density at radius 3 is 1.28 bits per heavy atom. The van der Waals surface area contributed by atoms with Crippen molar-refractivity contribution in [1.82, 2.24) is 5.32 Å². The van der Waals surface area contributed by atoms with E-state index in [1.165, 1.54) is 193 Å². The molecule has 2 fully saturated rings. The van der Waals surface area contributed by atoms with Gasteiger partial charge in [-0.15, -0.1) is 0 Å². The van der Waals surface area contributed by atoms with Gasteiger partial charge in [-0.2, -0.15) is 0 Å². The van der Waals surface area contributed by atoms with Gasteiger partial charge in [0.1, 0.15) is 48.8 Å². The molecule has 2 aliphatic rings. The van der Waals surface area contributed by atoms with Gasteiger partial charge in [0, 0.05) is 6.42 Å². The number of carbonyl (C=O) groups excluding carboxylic acids is 1. The fourth-order valence-corrected chi connectivity index (χ4v) is 10.1. The first-order chi connectivity index (χ1) is 35.1. The van der Waals surface area contributed by atoms with Crippen molar-refractivity contribution in [1.29, 1.82) is 0 Å². The zero-order valence-corrected chi connectivity index (χ0v) is 45.7.